The number of morpholine rings is 1. The molecular weight excluding hydrogens is 428 g/mol. The molecule has 2 aromatic rings. The van der Waals surface area contributed by atoms with Crippen molar-refractivity contribution in [3.8, 4) is 5.75 Å². The van der Waals surface area contributed by atoms with Crippen molar-refractivity contribution < 1.29 is 37.1 Å². The second-order valence-electron chi connectivity index (χ2n) is 6.71. The fraction of sp³-hybridized carbons (Fsp3) is 0.250. The number of rotatable bonds is 5. The molecule has 10 nitrogen and oxygen atoms in total. The van der Waals surface area contributed by atoms with Crippen molar-refractivity contribution in [3.05, 3.63) is 59.2 Å². The highest BCUT2D eigenvalue weighted by Crippen LogP contribution is 2.28. The molecule has 31 heavy (non-hydrogen) atoms. The minimum Gasteiger partial charge on any atom is -0.496 e. The van der Waals surface area contributed by atoms with Crippen LogP contribution in [0.15, 0.2) is 47.4 Å². The third kappa shape index (κ3) is 3.67. The van der Waals surface area contributed by atoms with Gasteiger partial charge in [0, 0.05) is 13.1 Å². The summed E-state index contributed by atoms with van der Waals surface area (Å²) >= 11 is 0. The predicted molar refractivity (Wildman–Crippen MR) is 105 cm³/mol. The molecule has 0 aromatic heterocycles. The average Bonchev–Trinajstić information content (AvgIpc) is 3.04. The summed E-state index contributed by atoms with van der Waals surface area (Å²) < 4.78 is 37.4. The summed E-state index contributed by atoms with van der Waals surface area (Å²) in [6.07, 6.45) is 0. The van der Waals surface area contributed by atoms with Gasteiger partial charge in [-0.3, -0.25) is 9.59 Å². The Labute approximate surface area is 177 Å². The van der Waals surface area contributed by atoms with E-state index in [1.54, 1.807) is 12.1 Å². The number of nitrogens with zero attached hydrogens (tertiary/aromatic N) is 2. The molecular formula is C20H18N2O8S. The van der Waals surface area contributed by atoms with Gasteiger partial charge in [-0.05, 0) is 30.3 Å². The molecule has 162 valence electrons. The number of sulfonamides is 1. The molecule has 2 aliphatic rings. The van der Waals surface area contributed by atoms with Crippen LogP contribution in [-0.4, -0.2) is 69.0 Å². The standard InChI is InChI=1S/C20H18N2O8S/c1-28-17-7-6-13(31(26,27)21-8-10-29-11-9-21)12-16(17)20(25)30-22-18(23)14-4-2-3-5-15(14)19(22)24/h2-7,12H,8-11H2,1H3. The zero-order chi connectivity index (χ0) is 22.2. The molecule has 0 spiro atoms. The molecule has 0 saturated carbocycles. The van der Waals surface area contributed by atoms with Gasteiger partial charge in [0.1, 0.15) is 11.3 Å². The highest BCUT2D eigenvalue weighted by molar-refractivity contribution is 7.89. The van der Waals surface area contributed by atoms with Crippen LogP contribution >= 0.6 is 0 Å². The van der Waals surface area contributed by atoms with Crippen LogP contribution in [0, 0.1) is 0 Å². The third-order valence-electron chi connectivity index (χ3n) is 4.93. The summed E-state index contributed by atoms with van der Waals surface area (Å²) in [5.74, 6) is -2.65. The Balaban J connectivity index is 1.63. The van der Waals surface area contributed by atoms with Crippen LogP contribution in [0.25, 0.3) is 0 Å². The number of methoxy groups -OCH3 is 1. The van der Waals surface area contributed by atoms with E-state index in [4.69, 9.17) is 14.3 Å². The summed E-state index contributed by atoms with van der Waals surface area (Å²) in [5.41, 5.74) is -0.0276. The van der Waals surface area contributed by atoms with E-state index in [0.29, 0.717) is 5.06 Å². The molecule has 0 bridgehead atoms. The molecule has 2 aliphatic heterocycles. The van der Waals surface area contributed by atoms with Gasteiger partial charge in [0.05, 0.1) is 36.3 Å². The Hall–Kier alpha value is -3.28. The summed E-state index contributed by atoms with van der Waals surface area (Å²) in [6, 6.07) is 9.77. The van der Waals surface area contributed by atoms with Gasteiger partial charge >= 0.3 is 5.97 Å². The topological polar surface area (TPSA) is 120 Å². The largest absolute Gasteiger partial charge is 0.496 e. The lowest BCUT2D eigenvalue weighted by Crippen LogP contribution is -2.40. The lowest BCUT2D eigenvalue weighted by molar-refractivity contribution is -0.0586. The number of carbonyl (C=O) groups excluding carboxylic acids is 3. The Morgan fingerprint density at radius 3 is 2.19 bits per heavy atom. The van der Waals surface area contributed by atoms with Crippen molar-refractivity contribution in [1.29, 1.82) is 0 Å². The molecule has 2 heterocycles. The van der Waals surface area contributed by atoms with E-state index >= 15 is 0 Å². The number of amides is 2. The van der Waals surface area contributed by atoms with E-state index in [9.17, 15) is 22.8 Å². The fourth-order valence-electron chi connectivity index (χ4n) is 3.33. The van der Waals surface area contributed by atoms with Crippen LogP contribution in [0.5, 0.6) is 5.75 Å². The Morgan fingerprint density at radius 1 is 1.00 bits per heavy atom. The maximum Gasteiger partial charge on any atom is 0.367 e. The molecule has 0 unspecified atom stereocenters. The van der Waals surface area contributed by atoms with Crippen LogP contribution < -0.4 is 4.74 Å². The van der Waals surface area contributed by atoms with Crippen molar-refractivity contribution >= 4 is 27.8 Å². The van der Waals surface area contributed by atoms with E-state index in [-0.39, 0.29) is 53.6 Å². The lowest BCUT2D eigenvalue weighted by atomic mass is 10.1. The molecule has 0 radical (unpaired) electrons. The first kappa shape index (κ1) is 21.0. The normalized spacial score (nSPS) is 16.9. The van der Waals surface area contributed by atoms with E-state index in [1.807, 2.05) is 0 Å². The SMILES string of the molecule is COc1ccc(S(=O)(=O)N2CCOCC2)cc1C(=O)ON1C(=O)c2ccccc2C1=O. The third-order valence-corrected chi connectivity index (χ3v) is 6.82. The first-order valence-electron chi connectivity index (χ1n) is 9.30. The van der Waals surface area contributed by atoms with Gasteiger partial charge in [0.2, 0.25) is 10.0 Å². The number of benzene rings is 2. The van der Waals surface area contributed by atoms with Crippen LogP contribution in [0.4, 0.5) is 0 Å². The van der Waals surface area contributed by atoms with Gasteiger partial charge in [0.15, 0.2) is 0 Å². The highest BCUT2D eigenvalue weighted by atomic mass is 32.2. The highest BCUT2D eigenvalue weighted by Gasteiger charge is 2.39. The maximum absolute atomic E-state index is 12.9. The Bertz CT molecular complexity index is 1140. The zero-order valence-electron chi connectivity index (χ0n) is 16.4. The van der Waals surface area contributed by atoms with Gasteiger partial charge < -0.3 is 14.3 Å². The monoisotopic (exact) mass is 446 g/mol. The first-order valence-corrected chi connectivity index (χ1v) is 10.7. The van der Waals surface area contributed by atoms with E-state index in [1.165, 1.54) is 35.7 Å². The molecule has 1 fully saturated rings. The van der Waals surface area contributed by atoms with Gasteiger partial charge in [-0.25, -0.2) is 13.2 Å². The minimum absolute atomic E-state index is 0.0301. The average molecular weight is 446 g/mol. The van der Waals surface area contributed by atoms with Gasteiger partial charge in [-0.2, -0.15) is 4.31 Å². The molecule has 0 aliphatic carbocycles. The van der Waals surface area contributed by atoms with Crippen LogP contribution in [0.2, 0.25) is 0 Å². The van der Waals surface area contributed by atoms with Crippen LogP contribution in [-0.2, 0) is 19.6 Å². The van der Waals surface area contributed by atoms with Gasteiger partial charge in [-0.15, -0.1) is 0 Å². The van der Waals surface area contributed by atoms with Crippen molar-refractivity contribution in [2.24, 2.45) is 0 Å². The summed E-state index contributed by atoms with van der Waals surface area (Å²) in [6.45, 7) is 0.903. The van der Waals surface area contributed by atoms with Crippen molar-refractivity contribution in [2.75, 3.05) is 33.4 Å². The number of carbonyl (C=O) groups is 3. The fourth-order valence-corrected chi connectivity index (χ4v) is 4.76. The summed E-state index contributed by atoms with van der Waals surface area (Å²) in [5, 5.41) is 0.357. The molecule has 4 rings (SSSR count). The summed E-state index contributed by atoms with van der Waals surface area (Å²) in [4.78, 5) is 42.6. The quantitative estimate of drug-likeness (QED) is 0.626. The van der Waals surface area contributed by atoms with Crippen LogP contribution in [0.3, 0.4) is 0 Å². The molecule has 2 aromatic carbocycles. The number of hydrogen-bond donors (Lipinski definition) is 0. The molecule has 2 amide bonds. The minimum atomic E-state index is -3.89. The Kier molecular flexibility index (Phi) is 5.48. The van der Waals surface area contributed by atoms with E-state index < -0.39 is 27.8 Å². The van der Waals surface area contributed by atoms with E-state index in [0.717, 1.165) is 6.07 Å². The zero-order valence-corrected chi connectivity index (χ0v) is 17.3. The number of ether oxygens (including phenoxy) is 2. The smallest absolute Gasteiger partial charge is 0.367 e. The molecule has 0 N–H and O–H groups in total. The number of hydrogen-bond acceptors (Lipinski definition) is 8. The van der Waals surface area contributed by atoms with Crippen molar-refractivity contribution in [1.82, 2.24) is 9.37 Å². The summed E-state index contributed by atoms with van der Waals surface area (Å²) in [7, 11) is -2.60. The predicted octanol–water partition coefficient (Wildman–Crippen LogP) is 1.08. The van der Waals surface area contributed by atoms with Gasteiger partial charge in [-0.1, -0.05) is 17.2 Å². The number of hydroxylamine groups is 2. The molecule has 11 heteroatoms. The van der Waals surface area contributed by atoms with Gasteiger partial charge in [0.25, 0.3) is 11.8 Å². The number of imide groups is 1. The molecule has 1 saturated heterocycles. The maximum atomic E-state index is 12.9. The lowest BCUT2D eigenvalue weighted by Gasteiger charge is -2.26. The molecule has 0 atom stereocenters. The van der Waals surface area contributed by atoms with E-state index in [2.05, 4.69) is 0 Å². The first-order chi connectivity index (χ1) is 14.8. The van der Waals surface area contributed by atoms with Crippen LogP contribution in [0.1, 0.15) is 31.1 Å². The Morgan fingerprint density at radius 2 is 1.61 bits per heavy atom. The second kappa shape index (κ2) is 8.10. The van der Waals surface area contributed by atoms with Crippen molar-refractivity contribution in [2.45, 2.75) is 4.90 Å². The number of fused-ring (bicyclic) bond motifs is 1. The second-order valence-corrected chi connectivity index (χ2v) is 8.65. The van der Waals surface area contributed by atoms with Crippen molar-refractivity contribution in [3.63, 3.8) is 0 Å².